The van der Waals surface area contributed by atoms with Crippen LogP contribution in [0.4, 0.5) is 5.13 Å². The molecule has 0 bridgehead atoms. The molecule has 8 N–H and O–H groups in total. The lowest BCUT2D eigenvalue weighted by molar-refractivity contribution is -0.161. The fourth-order valence-corrected chi connectivity index (χ4v) is 6.97. The zero-order chi connectivity index (χ0) is 35.2. The van der Waals surface area contributed by atoms with Gasteiger partial charge in [0.15, 0.2) is 22.3 Å². The van der Waals surface area contributed by atoms with E-state index in [2.05, 4.69) is 20.8 Å². The van der Waals surface area contributed by atoms with Crippen molar-refractivity contribution in [1.29, 1.82) is 0 Å². The minimum absolute atomic E-state index is 0.0164. The molecular formula is C28H29N7O11S2. The Kier molecular flexibility index (Phi) is 8.97. The van der Waals surface area contributed by atoms with Gasteiger partial charge in [-0.05, 0) is 37.1 Å². The molecule has 1 aromatic carbocycles. The number of β-lactam (4-membered cyclic amide) rings is 1. The zero-order valence-corrected chi connectivity index (χ0v) is 27.0. The number of carbonyl (C=O) groups excluding carboxylic acids is 4. The number of anilines is 1. The molecule has 48 heavy (non-hydrogen) atoms. The molecule has 2 unspecified atom stereocenters. The van der Waals surface area contributed by atoms with E-state index in [-0.39, 0.29) is 46.4 Å². The molecule has 1 saturated heterocycles. The van der Waals surface area contributed by atoms with Gasteiger partial charge in [-0.3, -0.25) is 24.1 Å². The number of likely N-dealkylation sites (N-methyl/N-ethyl adjacent to an activating group) is 1. The number of aromatic hydroxyl groups is 2. The summed E-state index contributed by atoms with van der Waals surface area (Å²) >= 11 is 2.11. The molecule has 0 radical (unpaired) electrons. The number of hydrogen-bond acceptors (Lipinski definition) is 14. The number of phenols is 2. The normalized spacial score (nSPS) is 20.8. The van der Waals surface area contributed by atoms with Gasteiger partial charge in [-0.15, -0.1) is 23.1 Å². The third-order valence-corrected chi connectivity index (χ3v) is 9.82. The number of oxime groups is 1. The molecule has 1 aromatic heterocycles. The van der Waals surface area contributed by atoms with Crippen molar-refractivity contribution in [3.63, 3.8) is 0 Å². The van der Waals surface area contributed by atoms with Crippen molar-refractivity contribution in [1.82, 2.24) is 25.4 Å². The number of aromatic nitrogens is 1. The summed E-state index contributed by atoms with van der Waals surface area (Å²) in [5.74, 6) is -6.56. The second kappa shape index (κ2) is 12.7. The number of phenolic OH excluding ortho intramolecular Hbond substituents is 2. The predicted octanol–water partition coefficient (Wildman–Crippen LogP) is -0.728. The number of thiazole rings is 1. The average Bonchev–Trinajstić information content (AvgIpc) is 3.46. The van der Waals surface area contributed by atoms with Gasteiger partial charge in [0.05, 0.1) is 0 Å². The molecule has 0 aliphatic carbocycles. The summed E-state index contributed by atoms with van der Waals surface area (Å²) in [6.07, 6.45) is 0.0164. The highest BCUT2D eigenvalue weighted by Gasteiger charge is 2.54. The van der Waals surface area contributed by atoms with Crippen LogP contribution < -0.4 is 16.4 Å². The molecule has 4 amide bonds. The molecule has 0 saturated carbocycles. The van der Waals surface area contributed by atoms with Crippen molar-refractivity contribution in [2.24, 2.45) is 5.16 Å². The number of nitrogens with one attached hydrogen (secondary N) is 2. The van der Waals surface area contributed by atoms with Gasteiger partial charge in [-0.2, -0.15) is 0 Å². The van der Waals surface area contributed by atoms with E-state index in [1.54, 1.807) is 0 Å². The maximum atomic E-state index is 13.3. The lowest BCUT2D eigenvalue weighted by Crippen LogP contribution is -2.71. The highest BCUT2D eigenvalue weighted by Crippen LogP contribution is 2.40. The van der Waals surface area contributed by atoms with Crippen molar-refractivity contribution >= 4 is 69.5 Å². The number of nitrogens with zero attached hydrogens (tertiary/aromatic N) is 4. The highest BCUT2D eigenvalue weighted by molar-refractivity contribution is 8.00. The Balaban J connectivity index is 1.29. The van der Waals surface area contributed by atoms with Crippen molar-refractivity contribution in [2.75, 3.05) is 25.1 Å². The van der Waals surface area contributed by atoms with Crippen LogP contribution in [-0.2, 0) is 35.2 Å². The first-order chi connectivity index (χ1) is 22.5. The summed E-state index contributed by atoms with van der Waals surface area (Å²) in [5, 5.41) is 48.4. The van der Waals surface area contributed by atoms with Gasteiger partial charge < -0.3 is 46.5 Å². The molecule has 20 heteroatoms. The van der Waals surface area contributed by atoms with Crippen molar-refractivity contribution in [2.45, 2.75) is 43.3 Å². The quantitative estimate of drug-likeness (QED) is 0.0696. The van der Waals surface area contributed by atoms with Crippen molar-refractivity contribution in [3.05, 3.63) is 45.6 Å². The van der Waals surface area contributed by atoms with Gasteiger partial charge in [-0.1, -0.05) is 5.16 Å². The summed E-state index contributed by atoms with van der Waals surface area (Å²) in [6.45, 7) is 2.14. The molecule has 3 aliphatic rings. The molecule has 3 aliphatic heterocycles. The highest BCUT2D eigenvalue weighted by atomic mass is 32.2. The van der Waals surface area contributed by atoms with E-state index in [0.29, 0.717) is 5.56 Å². The Morgan fingerprint density at radius 3 is 2.48 bits per heavy atom. The van der Waals surface area contributed by atoms with Crippen LogP contribution in [0.3, 0.4) is 0 Å². The Labute approximate surface area is 279 Å². The van der Waals surface area contributed by atoms with Crippen LogP contribution in [-0.4, -0.2) is 119 Å². The number of rotatable bonds is 10. The van der Waals surface area contributed by atoms with Crippen molar-refractivity contribution in [3.8, 4) is 11.5 Å². The third kappa shape index (κ3) is 6.18. The standard InChI is InChI=1S/C28H29N7O11S2/c1-28(2,26(44)45)46-33-17(13-9-48-27(29)31-13)21(39)32-18-23(41)35-19(25(42)43)11(8-47-24(18)35)7-30-20(38)14-4-10-5-15(36)16(37)6-12(10)22(40)34(14)3/h5-6,9,14,18,24,36-37H,4,7-8H2,1-3H3,(H2,29,31)(H,30,38)(H,32,39)(H,42,43)(H,44,45)/b33-17-/t14?,18?,24-/m1/s1. The largest absolute Gasteiger partial charge is 0.504 e. The van der Waals surface area contributed by atoms with E-state index in [9.17, 15) is 49.2 Å². The number of fused-ring (bicyclic) bond motifs is 2. The van der Waals surface area contributed by atoms with Gasteiger partial charge in [0.25, 0.3) is 17.7 Å². The van der Waals surface area contributed by atoms with E-state index >= 15 is 0 Å². The number of nitrogen functional groups attached to an aromatic ring is 1. The number of carboxylic acid groups (broad SMARTS) is 2. The molecular weight excluding hydrogens is 674 g/mol. The minimum atomic E-state index is -1.82. The molecule has 254 valence electrons. The van der Waals surface area contributed by atoms with Crippen molar-refractivity contribution < 1.29 is 54.0 Å². The van der Waals surface area contributed by atoms with Gasteiger partial charge in [0, 0.05) is 36.7 Å². The molecule has 0 spiro atoms. The molecule has 18 nitrogen and oxygen atoms in total. The lowest BCUT2D eigenvalue weighted by Gasteiger charge is -2.49. The van der Waals surface area contributed by atoms with Crippen LogP contribution in [0.5, 0.6) is 11.5 Å². The van der Waals surface area contributed by atoms with Gasteiger partial charge in [-0.25, -0.2) is 14.6 Å². The van der Waals surface area contributed by atoms with Crippen LogP contribution in [0, 0.1) is 0 Å². The second-order valence-electron chi connectivity index (χ2n) is 11.4. The molecule has 2 aromatic rings. The van der Waals surface area contributed by atoms with E-state index in [4.69, 9.17) is 10.6 Å². The van der Waals surface area contributed by atoms with Gasteiger partial charge >= 0.3 is 11.9 Å². The SMILES string of the molecule is CN1C(=O)c2cc(O)c(O)cc2CC1C(=O)NCC1=C(C(=O)O)N2C(=O)C(NC(=O)/C(=N\OC(C)(C)C(=O)O)c3csc(N)n3)[C@H]2SC1. The maximum Gasteiger partial charge on any atom is 0.352 e. The van der Waals surface area contributed by atoms with Crippen LogP contribution in [0.1, 0.15) is 35.5 Å². The van der Waals surface area contributed by atoms with Crippen LogP contribution in [0.25, 0.3) is 0 Å². The zero-order valence-electron chi connectivity index (χ0n) is 25.4. The van der Waals surface area contributed by atoms with E-state index in [1.807, 2.05) is 0 Å². The number of nitrogens with two attached hydrogens (primary N) is 1. The van der Waals surface area contributed by atoms with Crippen LogP contribution >= 0.6 is 23.1 Å². The maximum absolute atomic E-state index is 13.3. The number of carbonyl (C=O) groups is 6. The Hall–Kier alpha value is -5.37. The molecule has 3 atom stereocenters. The predicted molar refractivity (Wildman–Crippen MR) is 168 cm³/mol. The summed E-state index contributed by atoms with van der Waals surface area (Å²) in [4.78, 5) is 87.6. The first-order valence-electron chi connectivity index (χ1n) is 14.0. The Morgan fingerprint density at radius 2 is 1.85 bits per heavy atom. The smallest absolute Gasteiger partial charge is 0.352 e. The number of aliphatic carboxylic acids is 2. The number of thioether (sulfide) groups is 1. The number of carboxylic acids is 2. The summed E-state index contributed by atoms with van der Waals surface area (Å²) in [6, 6.07) is 0.118. The first kappa shape index (κ1) is 34.0. The fourth-order valence-electron chi connectivity index (χ4n) is 5.07. The van der Waals surface area contributed by atoms with Gasteiger partial charge in [0.2, 0.25) is 11.5 Å². The van der Waals surface area contributed by atoms with E-state index in [1.165, 1.54) is 37.2 Å². The number of amides is 4. The summed E-state index contributed by atoms with van der Waals surface area (Å²) < 4.78 is 0. The first-order valence-corrected chi connectivity index (χ1v) is 16.0. The minimum Gasteiger partial charge on any atom is -0.504 e. The summed E-state index contributed by atoms with van der Waals surface area (Å²) in [5.41, 5.74) is 3.67. The van der Waals surface area contributed by atoms with E-state index in [0.717, 1.165) is 34.1 Å². The summed E-state index contributed by atoms with van der Waals surface area (Å²) in [7, 11) is 1.40. The topological polar surface area (TPSA) is 274 Å². The average molecular weight is 704 g/mol. The monoisotopic (exact) mass is 703 g/mol. The lowest BCUT2D eigenvalue weighted by atomic mass is 9.92. The number of hydrogen-bond donors (Lipinski definition) is 7. The van der Waals surface area contributed by atoms with Crippen LogP contribution in [0.15, 0.2) is 33.9 Å². The van der Waals surface area contributed by atoms with Gasteiger partial charge in [0.1, 0.15) is 28.8 Å². The molecule has 4 heterocycles. The third-order valence-electron chi connectivity index (χ3n) is 7.81. The van der Waals surface area contributed by atoms with Crippen LogP contribution in [0.2, 0.25) is 0 Å². The Morgan fingerprint density at radius 1 is 1.17 bits per heavy atom. The molecule has 5 rings (SSSR count). The molecule has 1 fully saturated rings. The second-order valence-corrected chi connectivity index (χ2v) is 13.4. The Bertz CT molecular complexity index is 1820. The van der Waals surface area contributed by atoms with E-state index < -0.39 is 75.8 Å². The number of benzene rings is 1. The fraction of sp³-hybridized carbons (Fsp3) is 0.357.